The Balaban J connectivity index is 0.000000116. The van der Waals surface area contributed by atoms with Crippen LogP contribution >= 0.6 is 25.6 Å². The van der Waals surface area contributed by atoms with Crippen molar-refractivity contribution >= 4 is 83.6 Å². The van der Waals surface area contributed by atoms with Crippen LogP contribution in [-0.4, -0.2) is 211 Å². The maximum absolute atomic E-state index is 13.3. The fourth-order valence-corrected chi connectivity index (χ4v) is 25.2. The molecule has 22 rings (SSSR count). The zero-order chi connectivity index (χ0) is 83.1. The van der Waals surface area contributed by atoms with E-state index in [1.165, 1.54) is 22.0 Å². The lowest BCUT2D eigenvalue weighted by Gasteiger charge is -2.31. The van der Waals surface area contributed by atoms with E-state index in [0.717, 1.165) is 70.1 Å². The standard InChI is InChI=1S/C30H31N6O5P.C30H33N4O6P.C26H32N7O5P/c1-2-30-16-38-24(25(30)41-42-36-15-9-14-21(36)23(40-42)19-10-5-3-6-11-19)29(39-30)35-18-33-22-26(31-17-32-27(22)35)34-28(37)20-12-7-4-8-13-20;1-3-30-18-37-24(25(30)40-41-34-16-10-15-22(34)23(39-41)20-11-6-4-7-12-20)28(38-30)33-17-19(2)26(32-29(33)36)31-27(35)21-13-8-5-9-14-21;1-4-26-13-35-20(21(26)38-39-33-12-8-11-17(33)19(37-39)16-9-6-5-7-10-16)24(36-26)32-15-27-18-22(32)29-25(30-23(18)34)28-14-31(2)3/h3-8,10-13,17-18,21,23-25,29H,2,9,14-16H2,1H3,(H,31,32,34,37);4-9,11-14,17,22-25,28H,3,10,15-16,18H2,1-2H3,(H,31,32,35,36);5-7,9-10,14-15,17,19-21,24H,4,8,11-13H2,1-3H3,(H,29,30,34)/t21-,23+,24-,25?,29+,30-,42+;22-,23+,24-,25?,28+,30-,41+;17-,19+,20+,21?,24-,26+,39+/m001/s1. The number of imidazole rings is 2. The molecule has 0 radical (unpaired) electrons. The Bertz CT molecular complexity index is 5620. The van der Waals surface area contributed by atoms with Gasteiger partial charge in [-0.25, -0.2) is 43.7 Å². The molecule has 5 aromatic heterocycles. The van der Waals surface area contributed by atoms with E-state index in [2.05, 4.69) is 139 Å². The summed E-state index contributed by atoms with van der Waals surface area (Å²) in [7, 11) is -0.210. The normalized spacial score (nSPS) is 32.8. The Labute approximate surface area is 706 Å². The van der Waals surface area contributed by atoms with E-state index in [0.29, 0.717) is 84.1 Å². The van der Waals surface area contributed by atoms with E-state index >= 15 is 0 Å². The third-order valence-electron chi connectivity index (χ3n) is 25.5. The van der Waals surface area contributed by atoms with Gasteiger partial charge in [-0.05, 0) is 106 Å². The van der Waals surface area contributed by atoms with Crippen LogP contribution in [-0.2, 0) is 55.6 Å². The molecule has 0 saturated carbocycles. The number of carbonyl (C=O) groups is 2. The number of H-pyrrole nitrogens is 1. The van der Waals surface area contributed by atoms with Crippen LogP contribution in [0.25, 0.3) is 22.3 Å². The molecule has 12 saturated heterocycles. The van der Waals surface area contributed by atoms with Gasteiger partial charge in [0, 0.05) is 74.7 Å². The van der Waals surface area contributed by atoms with Crippen LogP contribution in [0.2, 0.25) is 0 Å². The Morgan fingerprint density at radius 1 is 0.525 bits per heavy atom. The Morgan fingerprint density at radius 2 is 0.926 bits per heavy atom. The first-order chi connectivity index (χ1) is 59.6. The zero-order valence-electron chi connectivity index (χ0n) is 68.2. The molecular formula is C86H96N17O16P3. The topological polar surface area (TPSA) is 336 Å². The molecule has 6 bridgehead atoms. The number of aryl methyl sites for hydroxylation is 1. The number of hydrogen-bond donors (Lipinski definition) is 3. The number of nitrogens with one attached hydrogen (secondary N) is 3. The van der Waals surface area contributed by atoms with Crippen molar-refractivity contribution in [2.45, 2.75) is 194 Å². The van der Waals surface area contributed by atoms with Crippen molar-refractivity contribution < 1.29 is 65.2 Å². The number of hydrogen-bond acceptors (Lipinski definition) is 26. The summed E-state index contributed by atoms with van der Waals surface area (Å²) >= 11 is 0. The van der Waals surface area contributed by atoms with Crippen LogP contribution in [0.15, 0.2) is 191 Å². The minimum Gasteiger partial charge on any atom is -0.369 e. The Morgan fingerprint density at radius 3 is 1.35 bits per heavy atom. The lowest BCUT2D eigenvalue weighted by molar-refractivity contribution is -0.175. The smallest absolute Gasteiger partial charge is 0.351 e. The first-order valence-corrected chi connectivity index (χ1v) is 45.4. The third kappa shape index (κ3) is 14.7. The van der Waals surface area contributed by atoms with E-state index in [9.17, 15) is 19.2 Å². The van der Waals surface area contributed by atoms with Gasteiger partial charge in [-0.3, -0.25) is 33.1 Å². The number of ether oxygens (including phenoxy) is 6. The van der Waals surface area contributed by atoms with Gasteiger partial charge in [0.05, 0.1) is 38.8 Å². The van der Waals surface area contributed by atoms with Gasteiger partial charge >= 0.3 is 5.69 Å². The first kappa shape index (κ1) is 81.3. The predicted molar refractivity (Wildman–Crippen MR) is 451 cm³/mol. The van der Waals surface area contributed by atoms with Crippen LogP contribution < -0.4 is 21.9 Å². The summed E-state index contributed by atoms with van der Waals surface area (Å²) in [6.07, 6.45) is 12.5. The van der Waals surface area contributed by atoms with Gasteiger partial charge in [-0.15, -0.1) is 0 Å². The molecule has 636 valence electrons. The molecule has 12 aliphatic rings. The Kier molecular flexibility index (Phi) is 22.5. The SMILES string of the molecule is CC[C@]12CO[C@@H](C1O[P@@]1O[C@H](c3ccccc3)[C@@H]3CCCN31)[C@H](n1cc(C)c(NC(=O)c3ccccc3)nc1=O)O2.CC[C@]12CO[C@@H](C1O[P@@]1O[C@H](c3ccccc3)[C@@H]3CCCN31)[C@H](n1cnc3c(NC(=O)c4ccccc4)ncnc31)O2.CC[C@]12CO[C@@H](C1O[P@]1O[C@@H](c3ccccc3)[C@H]3CCCN31)[C@H](n1cnc3c(=O)[nH]c(N=CN(C)C)nc31)O2. The largest absolute Gasteiger partial charge is 0.369 e. The van der Waals surface area contributed by atoms with Crippen molar-refractivity contribution in [1.29, 1.82) is 0 Å². The minimum atomic E-state index is -1.33. The average Bonchev–Trinajstić information content (AvgIpc) is 1.57. The summed E-state index contributed by atoms with van der Waals surface area (Å²) in [6, 6.07) is 49.9. The van der Waals surface area contributed by atoms with Crippen molar-refractivity contribution in [1.82, 2.24) is 67.5 Å². The van der Waals surface area contributed by atoms with Crippen LogP contribution in [0.5, 0.6) is 0 Å². The van der Waals surface area contributed by atoms with E-state index in [-0.39, 0.29) is 77.3 Å². The third-order valence-corrected chi connectivity index (χ3v) is 30.7. The molecule has 17 heterocycles. The van der Waals surface area contributed by atoms with Gasteiger partial charge in [-0.2, -0.15) is 9.97 Å². The summed E-state index contributed by atoms with van der Waals surface area (Å²) in [6.45, 7) is 12.1. The molecule has 12 fully saturated rings. The van der Waals surface area contributed by atoms with Crippen LogP contribution in [0.4, 0.5) is 17.6 Å². The van der Waals surface area contributed by atoms with Crippen molar-refractivity contribution in [3.63, 3.8) is 0 Å². The molecular weight excluding hydrogens is 1620 g/mol. The lowest BCUT2D eigenvalue weighted by atomic mass is 9.96. The average molecular weight is 1720 g/mol. The summed E-state index contributed by atoms with van der Waals surface area (Å²) < 4.78 is 91.5. The number of aromatic amines is 1. The fraction of sp³-hybridized carbons (Fsp3) is 0.453. The molecule has 2 amide bonds. The molecule has 33 nitrogen and oxygen atoms in total. The highest BCUT2D eigenvalue weighted by Gasteiger charge is 2.68. The summed E-state index contributed by atoms with van der Waals surface area (Å²) in [5, 5.41) is 5.63. The molecule has 21 atom stereocenters. The van der Waals surface area contributed by atoms with Gasteiger partial charge in [0.1, 0.15) is 83.9 Å². The number of nitrogens with zero attached hydrogens (tertiary/aromatic N) is 14. The number of amides is 2. The zero-order valence-corrected chi connectivity index (χ0v) is 70.9. The highest BCUT2D eigenvalue weighted by Crippen LogP contribution is 2.67. The number of rotatable bonds is 21. The van der Waals surface area contributed by atoms with E-state index in [4.69, 9.17) is 55.6 Å². The maximum atomic E-state index is 13.3. The molecule has 0 aliphatic carbocycles. The number of benzene rings is 5. The molecule has 5 aromatic carbocycles. The Hall–Kier alpha value is -9.02. The predicted octanol–water partition coefficient (Wildman–Crippen LogP) is 13.0. The van der Waals surface area contributed by atoms with E-state index < -0.39 is 85.1 Å². The highest BCUT2D eigenvalue weighted by molar-refractivity contribution is 7.45. The van der Waals surface area contributed by atoms with Crippen LogP contribution in [0.1, 0.15) is 159 Å². The van der Waals surface area contributed by atoms with Gasteiger partial charge in [0.25, 0.3) is 43.0 Å². The molecule has 10 aromatic rings. The maximum Gasteiger partial charge on any atom is 0.351 e. The van der Waals surface area contributed by atoms with Crippen molar-refractivity contribution in [3.8, 4) is 0 Å². The van der Waals surface area contributed by atoms with Gasteiger partial charge in [-0.1, -0.05) is 148 Å². The first-order valence-electron chi connectivity index (χ1n) is 42.0. The minimum absolute atomic E-state index is 0.00659. The summed E-state index contributed by atoms with van der Waals surface area (Å²) in [5.41, 5.74) is 3.98. The number of aromatic nitrogens is 10. The second-order valence-electron chi connectivity index (χ2n) is 32.9. The lowest BCUT2D eigenvalue weighted by Crippen LogP contribution is -2.41. The van der Waals surface area contributed by atoms with Crippen molar-refractivity contribution in [2.24, 2.45) is 4.99 Å². The van der Waals surface area contributed by atoms with E-state index in [1.54, 1.807) is 78.0 Å². The molecule has 12 aliphatic heterocycles. The van der Waals surface area contributed by atoms with Crippen molar-refractivity contribution in [2.75, 3.05) is 64.2 Å². The molecule has 0 spiro atoms. The monoisotopic (exact) mass is 1720 g/mol. The van der Waals surface area contributed by atoms with Gasteiger partial charge < -0.3 is 71.1 Å². The number of fused-ring (bicyclic) bond motifs is 11. The molecule has 36 heteroatoms. The van der Waals surface area contributed by atoms with Gasteiger partial charge in [0.15, 0.2) is 46.8 Å². The fourth-order valence-electron chi connectivity index (χ4n) is 19.1. The van der Waals surface area contributed by atoms with Crippen LogP contribution in [0.3, 0.4) is 0 Å². The second kappa shape index (κ2) is 33.8. The van der Waals surface area contributed by atoms with Crippen LogP contribution in [0, 0.1) is 6.92 Å². The highest BCUT2D eigenvalue weighted by atomic mass is 31.2. The molecule has 3 unspecified atom stereocenters. The quantitative estimate of drug-likeness (QED) is 0.0342. The molecule has 3 N–H and O–H groups in total. The van der Waals surface area contributed by atoms with Crippen molar-refractivity contribution in [3.05, 3.63) is 231 Å². The number of anilines is 2. The molecule has 122 heavy (non-hydrogen) atoms. The summed E-state index contributed by atoms with van der Waals surface area (Å²) in [5.74, 6) is 0.154. The number of carbonyl (C=O) groups excluding carboxylic acids is 2. The second-order valence-corrected chi connectivity index (χ2v) is 37.1. The summed E-state index contributed by atoms with van der Waals surface area (Å²) in [4.78, 5) is 86.7. The van der Waals surface area contributed by atoms with Gasteiger partial charge in [0.2, 0.25) is 5.95 Å². The van der Waals surface area contributed by atoms with E-state index in [1.807, 2.05) is 80.2 Å². The number of aliphatic imine (C=N–C) groups is 1.